The lowest BCUT2D eigenvalue weighted by Crippen LogP contribution is -2.21. The van der Waals surface area contributed by atoms with E-state index in [9.17, 15) is 9.59 Å². The van der Waals surface area contributed by atoms with E-state index in [1.165, 1.54) is 13.3 Å². The predicted octanol–water partition coefficient (Wildman–Crippen LogP) is 5.29. The first-order valence-corrected chi connectivity index (χ1v) is 11.4. The van der Waals surface area contributed by atoms with Crippen LogP contribution >= 0.6 is 15.9 Å². The van der Waals surface area contributed by atoms with E-state index in [1.54, 1.807) is 30.3 Å². The van der Waals surface area contributed by atoms with Gasteiger partial charge in [-0.1, -0.05) is 39.7 Å². The molecule has 4 aromatic rings. The molecule has 0 unspecified atom stereocenters. The van der Waals surface area contributed by atoms with Crippen molar-refractivity contribution in [2.75, 3.05) is 19.0 Å². The Morgan fingerprint density at radius 2 is 1.89 bits per heavy atom. The van der Waals surface area contributed by atoms with E-state index in [4.69, 9.17) is 13.9 Å². The Labute approximate surface area is 210 Å². The highest BCUT2D eigenvalue weighted by molar-refractivity contribution is 9.10. The number of anilines is 1. The van der Waals surface area contributed by atoms with Crippen LogP contribution in [0.1, 0.15) is 21.7 Å². The van der Waals surface area contributed by atoms with Crippen molar-refractivity contribution in [3.05, 3.63) is 88.1 Å². The maximum atomic E-state index is 12.5. The standard InChI is InChI=1S/C26H22BrN3O5/c1-16-6-9-20(10-7-16)29-24(31)15-34-25-17(4-3-5-22(25)33-2)14-28-30-26(32)23-13-18-12-19(27)8-11-21(18)35-23/h3-14H,15H2,1-2H3,(H,29,31)(H,30,32)/b28-14+. The highest BCUT2D eigenvalue weighted by atomic mass is 79.9. The molecule has 1 aromatic heterocycles. The predicted molar refractivity (Wildman–Crippen MR) is 137 cm³/mol. The fourth-order valence-electron chi connectivity index (χ4n) is 3.26. The minimum Gasteiger partial charge on any atom is -0.493 e. The molecule has 178 valence electrons. The number of carbonyl (C=O) groups is 2. The molecule has 0 aliphatic heterocycles. The number of halogens is 1. The van der Waals surface area contributed by atoms with E-state index in [0.29, 0.717) is 28.3 Å². The average molecular weight is 536 g/mol. The summed E-state index contributed by atoms with van der Waals surface area (Å²) in [4.78, 5) is 24.8. The summed E-state index contributed by atoms with van der Waals surface area (Å²) in [5.41, 5.74) is 5.31. The SMILES string of the molecule is COc1cccc(/C=N/NC(=O)c2cc3cc(Br)ccc3o2)c1OCC(=O)Nc1ccc(C)cc1. The summed E-state index contributed by atoms with van der Waals surface area (Å²) in [6, 6.07) is 19.7. The molecule has 0 atom stereocenters. The summed E-state index contributed by atoms with van der Waals surface area (Å²) in [6.45, 7) is 1.73. The molecule has 3 aromatic carbocycles. The number of ether oxygens (including phenoxy) is 2. The second-order valence-corrected chi connectivity index (χ2v) is 8.49. The summed E-state index contributed by atoms with van der Waals surface area (Å²) < 4.78 is 17.6. The van der Waals surface area contributed by atoms with Crippen LogP contribution in [0.25, 0.3) is 11.0 Å². The van der Waals surface area contributed by atoms with Crippen LogP contribution in [-0.2, 0) is 4.79 Å². The molecule has 0 fully saturated rings. The van der Waals surface area contributed by atoms with Crippen LogP contribution in [-0.4, -0.2) is 31.7 Å². The molecular weight excluding hydrogens is 514 g/mol. The van der Waals surface area contributed by atoms with Crippen LogP contribution in [0.4, 0.5) is 5.69 Å². The molecule has 2 amide bonds. The van der Waals surface area contributed by atoms with E-state index < -0.39 is 5.91 Å². The maximum Gasteiger partial charge on any atom is 0.307 e. The number of hydrogen-bond donors (Lipinski definition) is 2. The Balaban J connectivity index is 1.42. The molecule has 0 saturated carbocycles. The summed E-state index contributed by atoms with van der Waals surface area (Å²) in [6.07, 6.45) is 1.41. The number of nitrogens with one attached hydrogen (secondary N) is 2. The van der Waals surface area contributed by atoms with Crippen LogP contribution in [0, 0.1) is 6.92 Å². The molecule has 0 aliphatic rings. The van der Waals surface area contributed by atoms with E-state index in [0.717, 1.165) is 15.4 Å². The number of hydrogen-bond acceptors (Lipinski definition) is 6. The van der Waals surface area contributed by atoms with Crippen molar-refractivity contribution in [3.63, 3.8) is 0 Å². The molecule has 35 heavy (non-hydrogen) atoms. The minimum atomic E-state index is -0.503. The van der Waals surface area contributed by atoms with Gasteiger partial charge < -0.3 is 19.2 Å². The summed E-state index contributed by atoms with van der Waals surface area (Å²) in [5, 5.41) is 7.59. The van der Waals surface area contributed by atoms with Gasteiger partial charge in [0, 0.05) is 21.1 Å². The van der Waals surface area contributed by atoms with Gasteiger partial charge in [0.25, 0.3) is 5.91 Å². The molecule has 9 heteroatoms. The van der Waals surface area contributed by atoms with E-state index in [-0.39, 0.29) is 18.3 Å². The Hall–Kier alpha value is -4.11. The largest absolute Gasteiger partial charge is 0.493 e. The third-order valence-electron chi connectivity index (χ3n) is 4.98. The van der Waals surface area contributed by atoms with Gasteiger partial charge in [0.2, 0.25) is 0 Å². The zero-order chi connectivity index (χ0) is 24.8. The molecule has 0 radical (unpaired) electrons. The van der Waals surface area contributed by atoms with Gasteiger partial charge in [-0.3, -0.25) is 9.59 Å². The van der Waals surface area contributed by atoms with Crippen molar-refractivity contribution >= 4 is 50.6 Å². The van der Waals surface area contributed by atoms with Gasteiger partial charge in [-0.25, -0.2) is 5.43 Å². The smallest absolute Gasteiger partial charge is 0.307 e. The van der Waals surface area contributed by atoms with Crippen LogP contribution in [0.3, 0.4) is 0 Å². The van der Waals surface area contributed by atoms with Crippen LogP contribution < -0.4 is 20.2 Å². The summed E-state index contributed by atoms with van der Waals surface area (Å²) in [7, 11) is 1.50. The van der Waals surface area contributed by atoms with Crippen molar-refractivity contribution in [1.82, 2.24) is 5.43 Å². The first-order chi connectivity index (χ1) is 16.9. The number of para-hydroxylation sites is 1. The van der Waals surface area contributed by atoms with Crippen LogP contribution in [0.2, 0.25) is 0 Å². The maximum absolute atomic E-state index is 12.5. The summed E-state index contributed by atoms with van der Waals surface area (Å²) >= 11 is 3.39. The number of aryl methyl sites for hydroxylation is 1. The van der Waals surface area contributed by atoms with Gasteiger partial charge in [0.15, 0.2) is 23.9 Å². The molecule has 1 heterocycles. The van der Waals surface area contributed by atoms with Crippen molar-refractivity contribution in [2.24, 2.45) is 5.10 Å². The molecule has 4 rings (SSSR count). The topological polar surface area (TPSA) is 102 Å². The Morgan fingerprint density at radius 1 is 1.09 bits per heavy atom. The normalized spacial score (nSPS) is 10.9. The number of hydrazone groups is 1. The van der Waals surface area contributed by atoms with E-state index in [1.807, 2.05) is 43.3 Å². The van der Waals surface area contributed by atoms with E-state index in [2.05, 4.69) is 31.8 Å². The molecule has 0 bridgehead atoms. The molecule has 0 aliphatic carbocycles. The minimum absolute atomic E-state index is 0.130. The first-order valence-electron chi connectivity index (χ1n) is 10.6. The lowest BCUT2D eigenvalue weighted by atomic mass is 10.2. The van der Waals surface area contributed by atoms with Gasteiger partial charge in [-0.2, -0.15) is 5.10 Å². The summed E-state index contributed by atoms with van der Waals surface area (Å²) in [5.74, 6) is 0.0425. The fraction of sp³-hybridized carbons (Fsp3) is 0.115. The molecule has 8 nitrogen and oxygen atoms in total. The average Bonchev–Trinajstić information content (AvgIpc) is 3.27. The fourth-order valence-corrected chi connectivity index (χ4v) is 3.64. The van der Waals surface area contributed by atoms with Crippen molar-refractivity contribution in [3.8, 4) is 11.5 Å². The van der Waals surface area contributed by atoms with Gasteiger partial charge in [0.1, 0.15) is 5.58 Å². The number of benzene rings is 3. The van der Waals surface area contributed by atoms with Crippen LogP contribution in [0.5, 0.6) is 11.5 Å². The second kappa shape index (κ2) is 10.9. The quantitative estimate of drug-likeness (QED) is 0.235. The van der Waals surface area contributed by atoms with E-state index >= 15 is 0 Å². The van der Waals surface area contributed by atoms with Gasteiger partial charge in [-0.15, -0.1) is 0 Å². The lowest BCUT2D eigenvalue weighted by Gasteiger charge is -2.13. The van der Waals surface area contributed by atoms with Gasteiger partial charge >= 0.3 is 5.91 Å². The zero-order valence-corrected chi connectivity index (χ0v) is 20.6. The third-order valence-corrected chi connectivity index (χ3v) is 5.48. The number of amides is 2. The first kappa shape index (κ1) is 24.0. The highest BCUT2D eigenvalue weighted by Crippen LogP contribution is 2.30. The van der Waals surface area contributed by atoms with Gasteiger partial charge in [-0.05, 0) is 55.5 Å². The highest BCUT2D eigenvalue weighted by Gasteiger charge is 2.14. The van der Waals surface area contributed by atoms with Crippen molar-refractivity contribution in [2.45, 2.75) is 6.92 Å². The molecule has 0 saturated heterocycles. The Kier molecular flexibility index (Phi) is 7.47. The Bertz CT molecular complexity index is 1400. The lowest BCUT2D eigenvalue weighted by molar-refractivity contribution is -0.118. The number of fused-ring (bicyclic) bond motifs is 1. The zero-order valence-electron chi connectivity index (χ0n) is 19.0. The monoisotopic (exact) mass is 535 g/mol. The number of furan rings is 1. The van der Waals surface area contributed by atoms with Crippen molar-refractivity contribution < 1.29 is 23.5 Å². The number of carbonyl (C=O) groups excluding carboxylic acids is 2. The molecule has 2 N–H and O–H groups in total. The number of methoxy groups -OCH3 is 1. The molecule has 0 spiro atoms. The molecular formula is C26H22BrN3O5. The second-order valence-electron chi connectivity index (χ2n) is 7.57. The third kappa shape index (κ3) is 6.07. The van der Waals surface area contributed by atoms with Gasteiger partial charge in [0.05, 0.1) is 13.3 Å². The Morgan fingerprint density at radius 3 is 2.66 bits per heavy atom. The number of rotatable bonds is 8. The number of nitrogens with zero attached hydrogens (tertiary/aromatic N) is 1. The van der Waals surface area contributed by atoms with Crippen molar-refractivity contribution in [1.29, 1.82) is 0 Å². The van der Waals surface area contributed by atoms with Crippen LogP contribution in [0.15, 0.2) is 80.7 Å².